The molecular weight excluding hydrogens is 198 g/mol. The highest BCUT2D eigenvalue weighted by molar-refractivity contribution is 7.80. The maximum Gasteiger partial charge on any atom is 0.213 e. The second-order valence-electron chi connectivity index (χ2n) is 3.47. The molecule has 0 spiro atoms. The molecule has 4 nitrogen and oxygen atoms in total. The van der Waals surface area contributed by atoms with Gasteiger partial charge < -0.3 is 15.1 Å². The fourth-order valence-electron chi connectivity index (χ4n) is 1.10. The van der Waals surface area contributed by atoms with Crippen molar-refractivity contribution < 1.29 is 4.42 Å². The summed E-state index contributed by atoms with van der Waals surface area (Å²) in [5.41, 5.74) is 0. The fourth-order valence-corrected chi connectivity index (χ4v) is 1.34. The number of nitrogens with one attached hydrogen (secondary N) is 2. The Balaban J connectivity index is 1.73. The van der Waals surface area contributed by atoms with Crippen LogP contribution in [0.4, 0.5) is 0 Å². The van der Waals surface area contributed by atoms with Gasteiger partial charge in [-0.1, -0.05) is 0 Å². The molecule has 1 aliphatic carbocycles. The Hall–Kier alpha value is -1.10. The van der Waals surface area contributed by atoms with E-state index in [1.807, 2.05) is 6.92 Å². The summed E-state index contributed by atoms with van der Waals surface area (Å²) in [6, 6.07) is 0.585. The van der Waals surface area contributed by atoms with Gasteiger partial charge in [-0.05, 0) is 32.0 Å². The number of aromatic nitrogens is 1. The van der Waals surface area contributed by atoms with Gasteiger partial charge >= 0.3 is 0 Å². The molecule has 1 aromatic rings. The Kier molecular flexibility index (Phi) is 2.67. The smallest absolute Gasteiger partial charge is 0.213 e. The second-order valence-corrected chi connectivity index (χ2v) is 3.87. The van der Waals surface area contributed by atoms with Gasteiger partial charge in [-0.2, -0.15) is 0 Å². The molecule has 2 rings (SSSR count). The minimum absolute atomic E-state index is 0.548. The monoisotopic (exact) mass is 211 g/mol. The van der Waals surface area contributed by atoms with Crippen LogP contribution in [0.1, 0.15) is 24.5 Å². The highest BCUT2D eigenvalue weighted by atomic mass is 32.1. The van der Waals surface area contributed by atoms with Gasteiger partial charge in [-0.3, -0.25) is 0 Å². The number of hydrogen-bond donors (Lipinski definition) is 2. The third-order valence-electron chi connectivity index (χ3n) is 1.98. The standard InChI is InChI=1S/C9H13N3OS/c1-6-4-10-8(13-6)5-11-9(14)12-7-2-3-7/h4,7H,2-3,5H2,1H3,(H2,11,12,14). The molecule has 0 atom stereocenters. The Morgan fingerprint density at radius 2 is 2.50 bits per heavy atom. The number of oxazole rings is 1. The van der Waals surface area contributed by atoms with E-state index in [1.165, 1.54) is 12.8 Å². The van der Waals surface area contributed by atoms with Gasteiger partial charge in [0.15, 0.2) is 5.11 Å². The van der Waals surface area contributed by atoms with Gasteiger partial charge in [-0.15, -0.1) is 0 Å². The van der Waals surface area contributed by atoms with Crippen molar-refractivity contribution in [3.8, 4) is 0 Å². The average Bonchev–Trinajstić information content (AvgIpc) is 2.85. The summed E-state index contributed by atoms with van der Waals surface area (Å²) in [4.78, 5) is 4.07. The van der Waals surface area contributed by atoms with Crippen molar-refractivity contribution in [3.63, 3.8) is 0 Å². The minimum Gasteiger partial charge on any atom is -0.444 e. The fraction of sp³-hybridized carbons (Fsp3) is 0.556. The maximum atomic E-state index is 5.29. The molecule has 0 aromatic carbocycles. The lowest BCUT2D eigenvalue weighted by Crippen LogP contribution is -2.36. The summed E-state index contributed by atoms with van der Waals surface area (Å²) in [7, 11) is 0. The predicted molar refractivity (Wildman–Crippen MR) is 56.8 cm³/mol. The van der Waals surface area contributed by atoms with Crippen LogP contribution in [0.25, 0.3) is 0 Å². The van der Waals surface area contributed by atoms with E-state index in [0.717, 1.165) is 5.76 Å². The molecular formula is C9H13N3OS. The van der Waals surface area contributed by atoms with E-state index in [1.54, 1.807) is 6.20 Å². The molecule has 1 fully saturated rings. The molecule has 0 radical (unpaired) electrons. The van der Waals surface area contributed by atoms with Gasteiger partial charge in [0.2, 0.25) is 5.89 Å². The normalized spacial score (nSPS) is 15.2. The first kappa shape index (κ1) is 9.45. The SMILES string of the molecule is Cc1cnc(CNC(=S)NC2CC2)o1. The van der Waals surface area contributed by atoms with Crippen molar-refractivity contribution in [3.05, 3.63) is 17.8 Å². The average molecular weight is 211 g/mol. The van der Waals surface area contributed by atoms with Crippen LogP contribution >= 0.6 is 12.2 Å². The van der Waals surface area contributed by atoms with E-state index < -0.39 is 0 Å². The molecule has 14 heavy (non-hydrogen) atoms. The van der Waals surface area contributed by atoms with E-state index in [0.29, 0.717) is 23.6 Å². The van der Waals surface area contributed by atoms with Gasteiger partial charge in [0, 0.05) is 6.04 Å². The zero-order chi connectivity index (χ0) is 9.97. The van der Waals surface area contributed by atoms with Crippen molar-refractivity contribution >= 4 is 17.3 Å². The lowest BCUT2D eigenvalue weighted by atomic mass is 10.6. The summed E-state index contributed by atoms with van der Waals surface area (Å²) in [6.07, 6.45) is 4.15. The number of rotatable bonds is 3. The van der Waals surface area contributed by atoms with E-state index >= 15 is 0 Å². The quantitative estimate of drug-likeness (QED) is 0.733. The molecule has 1 aromatic heterocycles. The van der Waals surface area contributed by atoms with Gasteiger partial charge in [0.25, 0.3) is 0 Å². The number of nitrogens with zero attached hydrogens (tertiary/aromatic N) is 1. The first-order valence-corrected chi connectivity index (χ1v) is 5.10. The molecule has 5 heteroatoms. The van der Waals surface area contributed by atoms with Crippen molar-refractivity contribution in [2.45, 2.75) is 32.4 Å². The number of aryl methyl sites for hydroxylation is 1. The molecule has 2 N–H and O–H groups in total. The van der Waals surface area contributed by atoms with Crippen LogP contribution in [0, 0.1) is 6.92 Å². The summed E-state index contributed by atoms with van der Waals surface area (Å²) in [5.74, 6) is 1.49. The van der Waals surface area contributed by atoms with Crippen molar-refractivity contribution in [2.75, 3.05) is 0 Å². The largest absolute Gasteiger partial charge is 0.444 e. The van der Waals surface area contributed by atoms with Gasteiger partial charge in [-0.25, -0.2) is 4.98 Å². The maximum absolute atomic E-state index is 5.29. The first-order valence-electron chi connectivity index (χ1n) is 4.70. The summed E-state index contributed by atoms with van der Waals surface area (Å²) < 4.78 is 5.29. The van der Waals surface area contributed by atoms with Crippen LogP contribution in [-0.2, 0) is 6.54 Å². The number of thiocarbonyl (C=S) groups is 1. The molecule has 0 saturated heterocycles. The lowest BCUT2D eigenvalue weighted by molar-refractivity contribution is 0.465. The van der Waals surface area contributed by atoms with Gasteiger partial charge in [0.1, 0.15) is 5.76 Å². The van der Waals surface area contributed by atoms with Crippen molar-refractivity contribution in [1.29, 1.82) is 0 Å². The lowest BCUT2D eigenvalue weighted by Gasteiger charge is -2.06. The van der Waals surface area contributed by atoms with E-state index in [9.17, 15) is 0 Å². The molecule has 0 amide bonds. The molecule has 1 saturated carbocycles. The zero-order valence-corrected chi connectivity index (χ0v) is 8.86. The highest BCUT2D eigenvalue weighted by Gasteiger charge is 2.21. The van der Waals surface area contributed by atoms with Crippen LogP contribution in [0.5, 0.6) is 0 Å². The minimum atomic E-state index is 0.548. The number of hydrogen-bond acceptors (Lipinski definition) is 3. The molecule has 0 unspecified atom stereocenters. The predicted octanol–water partition coefficient (Wildman–Crippen LogP) is 1.11. The summed E-state index contributed by atoms with van der Waals surface area (Å²) >= 11 is 5.08. The van der Waals surface area contributed by atoms with Crippen LogP contribution in [-0.4, -0.2) is 16.1 Å². The Morgan fingerprint density at radius 1 is 1.71 bits per heavy atom. The third kappa shape index (κ3) is 2.70. The van der Waals surface area contributed by atoms with E-state index in [4.69, 9.17) is 16.6 Å². The topological polar surface area (TPSA) is 50.1 Å². The zero-order valence-electron chi connectivity index (χ0n) is 8.04. The van der Waals surface area contributed by atoms with Crippen molar-refractivity contribution in [2.24, 2.45) is 0 Å². The third-order valence-corrected chi connectivity index (χ3v) is 2.24. The van der Waals surface area contributed by atoms with Gasteiger partial charge in [0.05, 0.1) is 12.7 Å². The molecule has 76 valence electrons. The molecule has 1 aliphatic rings. The van der Waals surface area contributed by atoms with Crippen LogP contribution in [0.3, 0.4) is 0 Å². The van der Waals surface area contributed by atoms with E-state index in [2.05, 4.69) is 15.6 Å². The first-order chi connectivity index (χ1) is 6.74. The molecule has 0 bridgehead atoms. The second kappa shape index (κ2) is 3.96. The highest BCUT2D eigenvalue weighted by Crippen LogP contribution is 2.18. The summed E-state index contributed by atoms with van der Waals surface area (Å²) in [5, 5.41) is 6.91. The van der Waals surface area contributed by atoms with Crippen molar-refractivity contribution in [1.82, 2.24) is 15.6 Å². The summed E-state index contributed by atoms with van der Waals surface area (Å²) in [6.45, 7) is 2.42. The Bertz CT molecular complexity index is 333. The van der Waals surface area contributed by atoms with Crippen LogP contribution in [0.15, 0.2) is 10.6 Å². The Labute approximate surface area is 88.1 Å². The van der Waals surface area contributed by atoms with Crippen LogP contribution < -0.4 is 10.6 Å². The Morgan fingerprint density at radius 3 is 3.07 bits per heavy atom. The molecule has 0 aliphatic heterocycles. The van der Waals surface area contributed by atoms with E-state index in [-0.39, 0.29) is 0 Å². The van der Waals surface area contributed by atoms with Crippen LogP contribution in [0.2, 0.25) is 0 Å². The molecule has 1 heterocycles.